The molecule has 6 heteroatoms. The van der Waals surface area contributed by atoms with E-state index in [-0.39, 0.29) is 23.3 Å². The van der Waals surface area contributed by atoms with Gasteiger partial charge in [-0.2, -0.15) is 0 Å². The van der Waals surface area contributed by atoms with Crippen molar-refractivity contribution < 1.29 is 4.79 Å². The molecule has 0 spiro atoms. The van der Waals surface area contributed by atoms with Crippen LogP contribution in [0.25, 0.3) is 16.6 Å². The summed E-state index contributed by atoms with van der Waals surface area (Å²) in [6.07, 6.45) is 2.38. The Balaban J connectivity index is 1.70. The lowest BCUT2D eigenvalue weighted by Gasteiger charge is -2.15. The number of thioether (sulfide) groups is 1. The standard InChI is InChI=1S/C23H25N3O2S/c1-14-8-11-18(12-15(14)2)26-22(28)19-6-4-5-7-20(19)25-23(26)29-13-21(27)24-16(3)17-9-10-17/h4-8,11-12,16-17H,9-10,13H2,1-3H3,(H,24,27)/t16-/m1/s1. The summed E-state index contributed by atoms with van der Waals surface area (Å²) < 4.78 is 1.62. The van der Waals surface area contributed by atoms with Gasteiger partial charge in [0, 0.05) is 6.04 Å². The highest BCUT2D eigenvalue weighted by Crippen LogP contribution is 2.32. The Bertz CT molecular complexity index is 1130. The van der Waals surface area contributed by atoms with Crippen molar-refractivity contribution in [3.05, 3.63) is 63.9 Å². The van der Waals surface area contributed by atoms with E-state index in [1.165, 1.54) is 24.6 Å². The van der Waals surface area contributed by atoms with Gasteiger partial charge >= 0.3 is 0 Å². The maximum atomic E-state index is 13.3. The molecule has 1 saturated carbocycles. The van der Waals surface area contributed by atoms with Crippen molar-refractivity contribution in [1.82, 2.24) is 14.9 Å². The van der Waals surface area contributed by atoms with E-state index in [9.17, 15) is 9.59 Å². The van der Waals surface area contributed by atoms with Crippen molar-refractivity contribution in [2.45, 2.75) is 44.8 Å². The average molecular weight is 408 g/mol. The Hall–Kier alpha value is -2.60. The van der Waals surface area contributed by atoms with Crippen LogP contribution in [0.3, 0.4) is 0 Å². The summed E-state index contributed by atoms with van der Waals surface area (Å²) in [6.45, 7) is 6.12. The maximum absolute atomic E-state index is 13.3. The second kappa shape index (κ2) is 8.03. The molecule has 1 fully saturated rings. The number of carbonyl (C=O) groups excluding carboxylic acids is 1. The van der Waals surface area contributed by atoms with E-state index in [0.717, 1.165) is 16.8 Å². The molecule has 4 rings (SSSR count). The number of para-hydroxylation sites is 1. The molecule has 1 atom stereocenters. The molecule has 1 aromatic heterocycles. The molecule has 1 N–H and O–H groups in total. The van der Waals surface area contributed by atoms with Crippen LogP contribution in [0.15, 0.2) is 52.4 Å². The molecular formula is C23H25N3O2S. The number of aryl methyl sites for hydroxylation is 2. The molecule has 0 radical (unpaired) electrons. The van der Waals surface area contributed by atoms with E-state index in [2.05, 4.69) is 12.2 Å². The zero-order chi connectivity index (χ0) is 20.5. The highest BCUT2D eigenvalue weighted by molar-refractivity contribution is 7.99. The molecular weight excluding hydrogens is 382 g/mol. The molecule has 0 aliphatic heterocycles. The minimum Gasteiger partial charge on any atom is -0.353 e. The van der Waals surface area contributed by atoms with Crippen LogP contribution in [0.2, 0.25) is 0 Å². The Kier molecular flexibility index (Phi) is 5.46. The van der Waals surface area contributed by atoms with E-state index < -0.39 is 0 Å². The zero-order valence-corrected chi connectivity index (χ0v) is 17.8. The number of nitrogens with one attached hydrogen (secondary N) is 1. The van der Waals surface area contributed by atoms with Crippen molar-refractivity contribution in [2.24, 2.45) is 5.92 Å². The van der Waals surface area contributed by atoms with Gasteiger partial charge in [0.1, 0.15) is 0 Å². The van der Waals surface area contributed by atoms with E-state index in [1.807, 2.05) is 50.2 Å². The van der Waals surface area contributed by atoms with E-state index in [0.29, 0.717) is 22.0 Å². The highest BCUT2D eigenvalue weighted by Gasteiger charge is 2.28. The summed E-state index contributed by atoms with van der Waals surface area (Å²) >= 11 is 1.30. The van der Waals surface area contributed by atoms with Gasteiger partial charge in [-0.3, -0.25) is 14.2 Å². The number of hydrogen-bond donors (Lipinski definition) is 1. The number of nitrogens with zero attached hydrogens (tertiary/aromatic N) is 2. The summed E-state index contributed by atoms with van der Waals surface area (Å²) in [5.41, 5.74) is 3.57. The minimum absolute atomic E-state index is 0.0246. The Morgan fingerprint density at radius 1 is 1.21 bits per heavy atom. The topological polar surface area (TPSA) is 64.0 Å². The fourth-order valence-corrected chi connectivity index (χ4v) is 4.27. The van der Waals surface area contributed by atoms with Crippen LogP contribution < -0.4 is 10.9 Å². The van der Waals surface area contributed by atoms with E-state index >= 15 is 0 Å². The van der Waals surface area contributed by atoms with Crippen LogP contribution in [0, 0.1) is 19.8 Å². The van der Waals surface area contributed by atoms with Crippen LogP contribution in [0.1, 0.15) is 30.9 Å². The third kappa shape index (κ3) is 4.22. The van der Waals surface area contributed by atoms with Crippen molar-refractivity contribution in [2.75, 3.05) is 5.75 Å². The predicted molar refractivity (Wildman–Crippen MR) is 118 cm³/mol. The van der Waals surface area contributed by atoms with Crippen LogP contribution in [-0.4, -0.2) is 27.3 Å². The second-order valence-electron chi connectivity index (χ2n) is 7.80. The van der Waals surface area contributed by atoms with Gasteiger partial charge < -0.3 is 5.32 Å². The number of carbonyl (C=O) groups is 1. The fraction of sp³-hybridized carbons (Fsp3) is 0.348. The molecule has 1 aliphatic rings. The molecule has 1 amide bonds. The lowest BCUT2D eigenvalue weighted by Crippen LogP contribution is -2.35. The van der Waals surface area contributed by atoms with E-state index in [1.54, 1.807) is 10.6 Å². The number of amides is 1. The fourth-order valence-electron chi connectivity index (χ4n) is 3.44. The number of rotatable bonds is 6. The SMILES string of the molecule is Cc1ccc(-n2c(SCC(=O)N[C@H](C)C3CC3)nc3ccccc3c2=O)cc1C. The maximum Gasteiger partial charge on any atom is 0.266 e. The van der Waals surface area contributed by atoms with Gasteiger partial charge in [-0.1, -0.05) is 30.0 Å². The molecule has 150 valence electrons. The Morgan fingerprint density at radius 2 is 1.97 bits per heavy atom. The lowest BCUT2D eigenvalue weighted by atomic mass is 10.1. The van der Waals surface area contributed by atoms with Crippen molar-refractivity contribution in [3.8, 4) is 5.69 Å². The molecule has 29 heavy (non-hydrogen) atoms. The van der Waals surface area contributed by atoms with Crippen molar-refractivity contribution >= 4 is 28.6 Å². The molecule has 2 aromatic carbocycles. The third-order valence-corrected chi connectivity index (χ3v) is 6.48. The smallest absolute Gasteiger partial charge is 0.266 e. The van der Waals surface area contributed by atoms with Crippen LogP contribution >= 0.6 is 11.8 Å². The first-order chi connectivity index (χ1) is 13.9. The van der Waals surface area contributed by atoms with Gasteiger partial charge in [0.15, 0.2) is 5.16 Å². The molecule has 1 heterocycles. The zero-order valence-electron chi connectivity index (χ0n) is 16.9. The largest absolute Gasteiger partial charge is 0.353 e. The second-order valence-corrected chi connectivity index (χ2v) is 8.75. The molecule has 0 bridgehead atoms. The summed E-state index contributed by atoms with van der Waals surface area (Å²) in [5, 5.41) is 4.17. The first-order valence-corrected chi connectivity index (χ1v) is 10.9. The third-order valence-electron chi connectivity index (χ3n) is 5.54. The van der Waals surface area contributed by atoms with Gasteiger partial charge in [0.05, 0.1) is 22.3 Å². The lowest BCUT2D eigenvalue weighted by molar-refractivity contribution is -0.119. The van der Waals surface area contributed by atoms with Crippen LogP contribution in [0.4, 0.5) is 0 Å². The summed E-state index contributed by atoms with van der Waals surface area (Å²) in [7, 11) is 0. The average Bonchev–Trinajstić information content (AvgIpc) is 3.54. The number of aromatic nitrogens is 2. The first kappa shape index (κ1) is 19.7. The van der Waals surface area contributed by atoms with Gasteiger partial charge in [0.2, 0.25) is 5.91 Å². The quantitative estimate of drug-likeness (QED) is 0.495. The van der Waals surface area contributed by atoms with E-state index in [4.69, 9.17) is 4.98 Å². The molecule has 5 nitrogen and oxygen atoms in total. The highest BCUT2D eigenvalue weighted by atomic mass is 32.2. The molecule has 3 aromatic rings. The van der Waals surface area contributed by atoms with Crippen molar-refractivity contribution in [3.63, 3.8) is 0 Å². The van der Waals surface area contributed by atoms with Gasteiger partial charge in [-0.15, -0.1) is 0 Å². The normalized spacial score (nSPS) is 14.7. The Morgan fingerprint density at radius 3 is 2.69 bits per heavy atom. The molecule has 0 unspecified atom stereocenters. The molecule has 0 saturated heterocycles. The number of hydrogen-bond acceptors (Lipinski definition) is 4. The summed E-state index contributed by atoms with van der Waals surface area (Å²) in [4.78, 5) is 30.4. The number of benzene rings is 2. The Labute approximate surface area is 174 Å². The van der Waals surface area contributed by atoms with Gasteiger partial charge in [-0.05, 0) is 74.9 Å². The van der Waals surface area contributed by atoms with Gasteiger partial charge in [0.25, 0.3) is 5.56 Å². The first-order valence-electron chi connectivity index (χ1n) is 9.95. The van der Waals surface area contributed by atoms with Crippen LogP contribution in [-0.2, 0) is 4.79 Å². The monoisotopic (exact) mass is 407 g/mol. The van der Waals surface area contributed by atoms with Gasteiger partial charge in [-0.25, -0.2) is 4.98 Å². The minimum atomic E-state index is -0.117. The van der Waals surface area contributed by atoms with Crippen LogP contribution in [0.5, 0.6) is 0 Å². The number of fused-ring (bicyclic) bond motifs is 1. The molecule has 1 aliphatic carbocycles. The predicted octanol–water partition coefficient (Wildman–Crippen LogP) is 4.01. The summed E-state index contributed by atoms with van der Waals surface area (Å²) in [6, 6.07) is 13.5. The summed E-state index contributed by atoms with van der Waals surface area (Å²) in [5.74, 6) is 0.812. The van der Waals surface area contributed by atoms with Crippen molar-refractivity contribution in [1.29, 1.82) is 0 Å².